The lowest BCUT2D eigenvalue weighted by atomic mass is 9.89. The van der Waals surface area contributed by atoms with Gasteiger partial charge in [-0.1, -0.05) is 30.3 Å². The lowest BCUT2D eigenvalue weighted by Gasteiger charge is -2.38. The number of hydrogen-bond donors (Lipinski definition) is 2. The van der Waals surface area contributed by atoms with Crippen LogP contribution >= 0.6 is 0 Å². The van der Waals surface area contributed by atoms with Crippen molar-refractivity contribution in [2.24, 2.45) is 11.8 Å². The number of ether oxygens (including phenoxy) is 3. The number of rotatable bonds is 8. The van der Waals surface area contributed by atoms with Crippen LogP contribution in [0.4, 0.5) is 0 Å². The summed E-state index contributed by atoms with van der Waals surface area (Å²) in [7, 11) is 4.89. The highest BCUT2D eigenvalue weighted by Gasteiger charge is 2.31. The summed E-state index contributed by atoms with van der Waals surface area (Å²) in [5, 5.41) is 14.8. The molecule has 10 nitrogen and oxygen atoms in total. The number of carboxylic acid groups (broad SMARTS) is 2. The molecule has 2 aromatic carbocycles. The Morgan fingerprint density at radius 3 is 1.95 bits per heavy atom. The lowest BCUT2D eigenvalue weighted by molar-refractivity contribution is -0.159. The number of likely N-dealkylation sites (tertiary alicyclic amines) is 2. The summed E-state index contributed by atoms with van der Waals surface area (Å²) in [4.78, 5) is 36.0. The molecule has 0 spiro atoms. The quantitative estimate of drug-likeness (QED) is 0.470. The molecule has 2 saturated heterocycles. The van der Waals surface area contributed by atoms with E-state index in [0.29, 0.717) is 29.1 Å². The predicted molar refractivity (Wildman–Crippen MR) is 149 cm³/mol. The number of carboxylic acids is 2. The fraction of sp³-hybridized carbons (Fsp3) is 0.500. The monoisotopic (exact) mass is 556 g/mol. The van der Waals surface area contributed by atoms with Gasteiger partial charge in [0.05, 0.1) is 27.2 Å². The van der Waals surface area contributed by atoms with E-state index in [1.165, 1.54) is 5.56 Å². The normalized spacial score (nSPS) is 17.8. The molecule has 218 valence electrons. The third-order valence-electron chi connectivity index (χ3n) is 7.46. The Kier molecular flexibility index (Phi) is 11.6. The molecule has 10 heteroatoms. The molecule has 4 rings (SSSR count). The molecule has 2 heterocycles. The van der Waals surface area contributed by atoms with Crippen molar-refractivity contribution < 1.29 is 38.8 Å². The third-order valence-corrected chi connectivity index (χ3v) is 7.46. The van der Waals surface area contributed by atoms with Crippen LogP contribution in [-0.4, -0.2) is 85.4 Å². The van der Waals surface area contributed by atoms with Gasteiger partial charge in [-0.3, -0.25) is 9.69 Å². The fourth-order valence-electron chi connectivity index (χ4n) is 5.45. The van der Waals surface area contributed by atoms with Crippen LogP contribution in [0, 0.1) is 11.8 Å². The first-order valence-corrected chi connectivity index (χ1v) is 13.6. The second-order valence-electron chi connectivity index (χ2n) is 10.2. The SMILES string of the molecule is COc1cc(CN2CCCC(C(=O)N3CCC(Cc4ccccc4)CC3)C2)cc(OC)c1OC.O=C(O)C(=O)O. The van der Waals surface area contributed by atoms with E-state index in [2.05, 4.69) is 40.1 Å². The molecule has 1 atom stereocenters. The Hall–Kier alpha value is -3.79. The number of piperidine rings is 2. The zero-order chi connectivity index (χ0) is 29.1. The molecule has 0 aliphatic carbocycles. The Morgan fingerprint density at radius 1 is 0.825 bits per heavy atom. The summed E-state index contributed by atoms with van der Waals surface area (Å²) in [6, 6.07) is 14.7. The van der Waals surface area contributed by atoms with Crippen LogP contribution in [0.2, 0.25) is 0 Å². The van der Waals surface area contributed by atoms with Gasteiger partial charge in [0, 0.05) is 26.2 Å². The van der Waals surface area contributed by atoms with Crippen LogP contribution < -0.4 is 14.2 Å². The van der Waals surface area contributed by atoms with Crippen LogP contribution in [0.1, 0.15) is 36.8 Å². The van der Waals surface area contributed by atoms with Gasteiger partial charge in [-0.15, -0.1) is 0 Å². The third kappa shape index (κ3) is 8.61. The molecule has 1 unspecified atom stereocenters. The Morgan fingerprint density at radius 2 is 1.43 bits per heavy atom. The molecule has 2 N–H and O–H groups in total. The summed E-state index contributed by atoms with van der Waals surface area (Å²) >= 11 is 0. The minimum Gasteiger partial charge on any atom is -0.493 e. The second-order valence-corrected chi connectivity index (χ2v) is 10.2. The summed E-state index contributed by atoms with van der Waals surface area (Å²) in [6.07, 6.45) is 5.35. The van der Waals surface area contributed by atoms with Gasteiger partial charge in [-0.05, 0) is 67.8 Å². The molecule has 1 amide bonds. The lowest BCUT2D eigenvalue weighted by Crippen LogP contribution is -2.47. The van der Waals surface area contributed by atoms with Gasteiger partial charge in [-0.2, -0.15) is 0 Å². The molecule has 0 radical (unpaired) electrons. The highest BCUT2D eigenvalue weighted by atomic mass is 16.5. The van der Waals surface area contributed by atoms with Crippen molar-refractivity contribution in [3.8, 4) is 17.2 Å². The molecule has 2 aliphatic rings. The summed E-state index contributed by atoms with van der Waals surface area (Å²) < 4.78 is 16.5. The Labute approximate surface area is 235 Å². The standard InChI is InChI=1S/C28H38N2O4.C2H2O4/c1-32-25-17-23(18-26(33-2)27(25)34-3)19-29-13-7-10-24(20-29)28(31)30-14-11-22(12-15-30)16-21-8-5-4-6-9-21;3-1(4)2(5)6/h4-6,8-9,17-18,22,24H,7,10-16,19-20H2,1-3H3;(H,3,4)(H,5,6). The Balaban J connectivity index is 0.000000663. The number of carbonyl (C=O) groups is 3. The number of benzene rings is 2. The molecule has 2 aromatic rings. The van der Waals surface area contributed by atoms with Crippen molar-refractivity contribution in [1.29, 1.82) is 0 Å². The number of methoxy groups -OCH3 is 3. The van der Waals surface area contributed by atoms with Gasteiger partial charge in [0.25, 0.3) is 0 Å². The van der Waals surface area contributed by atoms with Crippen molar-refractivity contribution in [3.63, 3.8) is 0 Å². The molecule has 2 aliphatic heterocycles. The molecular formula is C30H40N2O8. The molecule has 0 saturated carbocycles. The highest BCUT2D eigenvalue weighted by molar-refractivity contribution is 6.27. The van der Waals surface area contributed by atoms with Crippen LogP contribution in [0.15, 0.2) is 42.5 Å². The van der Waals surface area contributed by atoms with Crippen molar-refractivity contribution in [3.05, 3.63) is 53.6 Å². The first-order chi connectivity index (χ1) is 19.2. The number of carbonyl (C=O) groups excluding carboxylic acids is 1. The number of nitrogens with zero attached hydrogens (tertiary/aromatic N) is 2. The zero-order valence-corrected chi connectivity index (χ0v) is 23.5. The highest BCUT2D eigenvalue weighted by Crippen LogP contribution is 2.38. The van der Waals surface area contributed by atoms with Crippen molar-refractivity contribution in [2.45, 2.75) is 38.6 Å². The van der Waals surface area contributed by atoms with E-state index in [-0.39, 0.29) is 5.92 Å². The molecule has 2 fully saturated rings. The summed E-state index contributed by atoms with van der Waals surface area (Å²) in [5.41, 5.74) is 2.51. The maximum atomic E-state index is 13.3. The average molecular weight is 557 g/mol. The maximum absolute atomic E-state index is 13.3. The summed E-state index contributed by atoms with van der Waals surface area (Å²) in [6.45, 7) is 4.35. The van der Waals surface area contributed by atoms with Crippen LogP contribution in [0.5, 0.6) is 17.2 Å². The van der Waals surface area contributed by atoms with Gasteiger partial charge in [0.1, 0.15) is 0 Å². The van der Waals surface area contributed by atoms with Crippen LogP contribution in [0.3, 0.4) is 0 Å². The van der Waals surface area contributed by atoms with E-state index in [1.54, 1.807) is 21.3 Å². The minimum atomic E-state index is -1.82. The summed E-state index contributed by atoms with van der Waals surface area (Å²) in [5.74, 6) is -0.607. The largest absolute Gasteiger partial charge is 0.493 e. The van der Waals surface area contributed by atoms with E-state index in [1.807, 2.05) is 12.1 Å². The second kappa shape index (κ2) is 15.1. The maximum Gasteiger partial charge on any atom is 0.414 e. The topological polar surface area (TPSA) is 126 Å². The van der Waals surface area contributed by atoms with Crippen molar-refractivity contribution in [1.82, 2.24) is 9.80 Å². The van der Waals surface area contributed by atoms with E-state index < -0.39 is 11.9 Å². The zero-order valence-electron chi connectivity index (χ0n) is 23.5. The van der Waals surface area contributed by atoms with Gasteiger partial charge in [0.2, 0.25) is 11.7 Å². The Bertz CT molecular complexity index is 1090. The van der Waals surface area contributed by atoms with Gasteiger partial charge < -0.3 is 29.3 Å². The van der Waals surface area contributed by atoms with E-state index in [9.17, 15) is 4.79 Å². The van der Waals surface area contributed by atoms with Gasteiger partial charge in [-0.25, -0.2) is 9.59 Å². The molecule has 0 bridgehead atoms. The number of amides is 1. The molecule has 0 aromatic heterocycles. The minimum absolute atomic E-state index is 0.0847. The van der Waals surface area contributed by atoms with E-state index in [0.717, 1.165) is 70.4 Å². The van der Waals surface area contributed by atoms with E-state index in [4.69, 9.17) is 34.0 Å². The first kappa shape index (κ1) is 30.7. The van der Waals surface area contributed by atoms with Crippen LogP contribution in [-0.2, 0) is 27.3 Å². The number of hydrogen-bond acceptors (Lipinski definition) is 7. The number of aliphatic carboxylic acids is 2. The van der Waals surface area contributed by atoms with Gasteiger partial charge in [0.15, 0.2) is 11.5 Å². The van der Waals surface area contributed by atoms with Crippen LogP contribution in [0.25, 0.3) is 0 Å². The molecule has 40 heavy (non-hydrogen) atoms. The molecular weight excluding hydrogens is 516 g/mol. The van der Waals surface area contributed by atoms with Crippen molar-refractivity contribution in [2.75, 3.05) is 47.5 Å². The first-order valence-electron chi connectivity index (χ1n) is 13.6. The predicted octanol–water partition coefficient (Wildman–Crippen LogP) is 3.56. The smallest absolute Gasteiger partial charge is 0.414 e. The average Bonchev–Trinajstić information content (AvgIpc) is 2.97. The van der Waals surface area contributed by atoms with Crippen molar-refractivity contribution >= 4 is 17.8 Å². The van der Waals surface area contributed by atoms with E-state index >= 15 is 0 Å². The van der Waals surface area contributed by atoms with Gasteiger partial charge >= 0.3 is 11.9 Å². The fourth-order valence-corrected chi connectivity index (χ4v) is 5.45.